The van der Waals surface area contributed by atoms with Crippen LogP contribution in [0.2, 0.25) is 0 Å². The molecular weight excluding hydrogens is 312 g/mol. The first kappa shape index (κ1) is 15.1. The summed E-state index contributed by atoms with van der Waals surface area (Å²) in [5.41, 5.74) is 1.36. The number of carbonyl (C=O) groups is 2. The van der Waals surface area contributed by atoms with Gasteiger partial charge in [0.1, 0.15) is 0 Å². The van der Waals surface area contributed by atoms with Gasteiger partial charge >= 0.3 is 0 Å². The lowest BCUT2D eigenvalue weighted by atomic mass is 9.80. The minimum atomic E-state index is -0.109. The van der Waals surface area contributed by atoms with Crippen molar-refractivity contribution in [1.29, 1.82) is 0 Å². The number of piperidine rings is 2. The molecule has 0 aliphatic carbocycles. The molecule has 2 aromatic carbocycles. The van der Waals surface area contributed by atoms with Crippen molar-refractivity contribution in [2.45, 2.75) is 50.2 Å². The van der Waals surface area contributed by atoms with Crippen molar-refractivity contribution in [3.05, 3.63) is 47.5 Å². The smallest absolute Gasteiger partial charge is 0.261 e. The Kier molecular flexibility index (Phi) is 3.26. The summed E-state index contributed by atoms with van der Waals surface area (Å²) in [6.45, 7) is 0. The Morgan fingerprint density at radius 1 is 0.840 bits per heavy atom. The first-order valence-corrected chi connectivity index (χ1v) is 9.26. The molecule has 2 fully saturated rings. The van der Waals surface area contributed by atoms with Crippen molar-refractivity contribution in [3.8, 4) is 0 Å². The van der Waals surface area contributed by atoms with E-state index in [2.05, 4.69) is 11.9 Å². The molecule has 1 unspecified atom stereocenters. The van der Waals surface area contributed by atoms with Crippen LogP contribution in [0.4, 0.5) is 0 Å². The highest BCUT2D eigenvalue weighted by Gasteiger charge is 2.44. The number of nitrogens with zero attached hydrogens (tertiary/aromatic N) is 2. The molecule has 25 heavy (non-hydrogen) atoms. The first-order valence-electron chi connectivity index (χ1n) is 9.26. The van der Waals surface area contributed by atoms with E-state index in [1.165, 1.54) is 19.3 Å². The highest BCUT2D eigenvalue weighted by molar-refractivity contribution is 6.25. The molecular formula is C21H22N2O2. The van der Waals surface area contributed by atoms with Crippen molar-refractivity contribution < 1.29 is 9.59 Å². The van der Waals surface area contributed by atoms with Gasteiger partial charge in [-0.3, -0.25) is 14.5 Å². The molecule has 3 aliphatic rings. The Morgan fingerprint density at radius 3 is 1.96 bits per heavy atom. The predicted octanol–water partition coefficient (Wildman–Crippen LogP) is 3.45. The summed E-state index contributed by atoms with van der Waals surface area (Å²) in [6, 6.07) is 12.5. The summed E-state index contributed by atoms with van der Waals surface area (Å²) >= 11 is 0. The highest BCUT2D eigenvalue weighted by Crippen LogP contribution is 2.38. The second-order valence-corrected chi connectivity index (χ2v) is 7.72. The maximum atomic E-state index is 13.2. The topological polar surface area (TPSA) is 40.6 Å². The Labute approximate surface area is 147 Å². The fourth-order valence-electron chi connectivity index (χ4n) is 5.18. The monoisotopic (exact) mass is 334 g/mol. The number of imide groups is 1. The van der Waals surface area contributed by atoms with Crippen molar-refractivity contribution in [1.82, 2.24) is 9.80 Å². The molecule has 0 aromatic heterocycles. The Morgan fingerprint density at radius 2 is 1.40 bits per heavy atom. The zero-order chi connectivity index (χ0) is 17.1. The van der Waals surface area contributed by atoms with Crippen LogP contribution in [-0.4, -0.2) is 46.8 Å². The van der Waals surface area contributed by atoms with Crippen LogP contribution in [-0.2, 0) is 0 Å². The minimum Gasteiger partial charge on any atom is -0.300 e. The average molecular weight is 334 g/mol. The Balaban J connectivity index is 1.58. The SMILES string of the molecule is CN1[C@@H]2CCC[C@H]1CC(N1C(=O)c3cccc4cccc(c34)C1=O)C2. The molecule has 2 bridgehead atoms. The second kappa shape index (κ2) is 5.40. The van der Waals surface area contributed by atoms with Gasteiger partial charge in [-0.25, -0.2) is 0 Å². The largest absolute Gasteiger partial charge is 0.300 e. The molecule has 0 saturated carbocycles. The fourth-order valence-corrected chi connectivity index (χ4v) is 5.18. The average Bonchev–Trinajstić information content (AvgIpc) is 2.60. The van der Waals surface area contributed by atoms with E-state index in [1.54, 1.807) is 4.90 Å². The van der Waals surface area contributed by atoms with Crippen LogP contribution in [0, 0.1) is 0 Å². The standard InChI is InChI=1S/C21H22N2O2/c1-22-14-7-4-8-15(22)12-16(11-14)23-20(24)17-9-2-5-13-6-3-10-18(19(13)17)21(23)25/h2-3,5-6,9-10,14-16H,4,7-8,11-12H2,1H3/t14-,15+,16?. The van der Waals surface area contributed by atoms with Gasteiger partial charge in [-0.1, -0.05) is 30.7 Å². The summed E-state index contributed by atoms with van der Waals surface area (Å²) in [5.74, 6) is -0.219. The molecule has 0 spiro atoms. The predicted molar refractivity (Wildman–Crippen MR) is 96.7 cm³/mol. The van der Waals surface area contributed by atoms with Crippen LogP contribution in [0.1, 0.15) is 52.8 Å². The van der Waals surface area contributed by atoms with E-state index < -0.39 is 0 Å². The van der Waals surface area contributed by atoms with Crippen molar-refractivity contribution in [2.24, 2.45) is 0 Å². The molecule has 5 rings (SSSR count). The quantitative estimate of drug-likeness (QED) is 0.750. The molecule has 2 amide bonds. The molecule has 0 radical (unpaired) electrons. The second-order valence-electron chi connectivity index (χ2n) is 7.72. The van der Waals surface area contributed by atoms with Gasteiger partial charge in [-0.15, -0.1) is 0 Å². The van der Waals surface area contributed by atoms with E-state index in [-0.39, 0.29) is 17.9 Å². The third-order valence-corrected chi connectivity index (χ3v) is 6.48. The van der Waals surface area contributed by atoms with Crippen LogP contribution in [0.15, 0.2) is 36.4 Å². The normalized spacial score (nSPS) is 29.3. The van der Waals surface area contributed by atoms with E-state index in [0.717, 1.165) is 23.6 Å². The molecule has 3 aliphatic heterocycles. The molecule has 4 nitrogen and oxygen atoms in total. The molecule has 3 atom stereocenters. The maximum absolute atomic E-state index is 13.2. The highest BCUT2D eigenvalue weighted by atomic mass is 16.2. The lowest BCUT2D eigenvalue weighted by Gasteiger charge is -2.49. The van der Waals surface area contributed by atoms with Gasteiger partial charge in [0.25, 0.3) is 11.8 Å². The van der Waals surface area contributed by atoms with Gasteiger partial charge in [0, 0.05) is 34.6 Å². The Bertz CT molecular complexity index is 826. The molecule has 0 N–H and O–H groups in total. The lowest BCUT2D eigenvalue weighted by Crippen LogP contribution is -2.58. The number of hydrogen-bond donors (Lipinski definition) is 0. The van der Waals surface area contributed by atoms with Crippen LogP contribution < -0.4 is 0 Å². The van der Waals surface area contributed by atoms with Gasteiger partial charge in [0.05, 0.1) is 0 Å². The van der Waals surface area contributed by atoms with E-state index in [1.807, 2.05) is 36.4 Å². The van der Waals surface area contributed by atoms with Gasteiger partial charge in [-0.2, -0.15) is 0 Å². The summed E-state index contributed by atoms with van der Waals surface area (Å²) in [5, 5.41) is 1.79. The summed E-state index contributed by atoms with van der Waals surface area (Å²) < 4.78 is 0. The Hall–Kier alpha value is -2.20. The maximum Gasteiger partial charge on any atom is 0.261 e. The zero-order valence-corrected chi connectivity index (χ0v) is 14.4. The summed E-state index contributed by atoms with van der Waals surface area (Å²) in [4.78, 5) is 30.5. The van der Waals surface area contributed by atoms with Crippen LogP contribution in [0.3, 0.4) is 0 Å². The molecule has 128 valence electrons. The molecule has 4 heteroatoms. The first-order chi connectivity index (χ1) is 12.1. The number of hydrogen-bond acceptors (Lipinski definition) is 3. The minimum absolute atomic E-state index is 0.0233. The number of rotatable bonds is 1. The number of fused-ring (bicyclic) bond motifs is 2. The van der Waals surface area contributed by atoms with Gasteiger partial charge in [0.15, 0.2) is 0 Å². The van der Waals surface area contributed by atoms with Crippen LogP contribution in [0.5, 0.6) is 0 Å². The lowest BCUT2D eigenvalue weighted by molar-refractivity contribution is 0.0108. The molecule has 2 saturated heterocycles. The van der Waals surface area contributed by atoms with Gasteiger partial charge in [0.2, 0.25) is 0 Å². The van der Waals surface area contributed by atoms with Crippen LogP contribution in [0.25, 0.3) is 10.8 Å². The number of carbonyl (C=O) groups excluding carboxylic acids is 2. The molecule has 2 aromatic rings. The van der Waals surface area contributed by atoms with E-state index in [0.29, 0.717) is 23.2 Å². The number of amides is 2. The van der Waals surface area contributed by atoms with Crippen molar-refractivity contribution in [2.75, 3.05) is 7.05 Å². The van der Waals surface area contributed by atoms with E-state index in [9.17, 15) is 9.59 Å². The summed E-state index contributed by atoms with van der Waals surface area (Å²) in [7, 11) is 2.20. The van der Waals surface area contributed by atoms with Crippen LogP contribution >= 0.6 is 0 Å². The third kappa shape index (κ3) is 2.10. The van der Waals surface area contributed by atoms with E-state index >= 15 is 0 Å². The van der Waals surface area contributed by atoms with Gasteiger partial charge < -0.3 is 4.90 Å². The van der Waals surface area contributed by atoms with Crippen molar-refractivity contribution >= 4 is 22.6 Å². The summed E-state index contributed by atoms with van der Waals surface area (Å²) in [6.07, 6.45) is 5.42. The van der Waals surface area contributed by atoms with Gasteiger partial charge in [-0.05, 0) is 50.2 Å². The number of benzene rings is 2. The van der Waals surface area contributed by atoms with E-state index in [4.69, 9.17) is 0 Å². The third-order valence-electron chi connectivity index (χ3n) is 6.48. The van der Waals surface area contributed by atoms with Crippen molar-refractivity contribution in [3.63, 3.8) is 0 Å². The zero-order valence-electron chi connectivity index (χ0n) is 14.4. The molecule has 3 heterocycles. The fraction of sp³-hybridized carbons (Fsp3) is 0.429.